The zero-order valence-corrected chi connectivity index (χ0v) is 11.9. The van der Waals surface area contributed by atoms with Gasteiger partial charge in [-0.05, 0) is 12.0 Å². The van der Waals surface area contributed by atoms with Crippen LogP contribution in [0, 0.1) is 0 Å². The average molecular weight is 277 g/mol. The molecule has 110 valence electrons. The highest BCUT2D eigenvalue weighted by atomic mass is 16.6. The van der Waals surface area contributed by atoms with E-state index in [1.807, 2.05) is 30.3 Å². The molecule has 1 aromatic rings. The maximum absolute atomic E-state index is 10.5. The van der Waals surface area contributed by atoms with Crippen molar-refractivity contribution in [3.63, 3.8) is 0 Å². The zero-order valence-electron chi connectivity index (χ0n) is 11.9. The Morgan fingerprint density at radius 2 is 2.25 bits per heavy atom. The van der Waals surface area contributed by atoms with E-state index in [1.54, 1.807) is 13.2 Å². The van der Waals surface area contributed by atoms with Gasteiger partial charge in [-0.15, -0.1) is 6.58 Å². The third-order valence-corrected chi connectivity index (χ3v) is 3.78. The minimum Gasteiger partial charge on any atom is -0.388 e. The van der Waals surface area contributed by atoms with Crippen LogP contribution in [-0.4, -0.2) is 37.2 Å². The van der Waals surface area contributed by atoms with Crippen molar-refractivity contribution in [1.29, 1.82) is 0 Å². The van der Waals surface area contributed by atoms with Gasteiger partial charge in [0.2, 0.25) is 0 Å². The second-order valence-electron chi connectivity index (χ2n) is 5.06. The van der Waals surface area contributed by atoms with Crippen LogP contribution < -0.4 is 5.32 Å². The van der Waals surface area contributed by atoms with Gasteiger partial charge in [-0.3, -0.25) is 5.32 Å². The lowest BCUT2D eigenvalue weighted by Gasteiger charge is -2.36. The molecule has 0 bridgehead atoms. The van der Waals surface area contributed by atoms with E-state index < -0.39 is 11.8 Å². The van der Waals surface area contributed by atoms with Gasteiger partial charge in [0.1, 0.15) is 11.8 Å². The minimum absolute atomic E-state index is 0.0687. The summed E-state index contributed by atoms with van der Waals surface area (Å²) < 4.78 is 11.4. The van der Waals surface area contributed by atoms with E-state index in [2.05, 4.69) is 11.9 Å². The smallest absolute Gasteiger partial charge is 0.148 e. The second kappa shape index (κ2) is 6.99. The van der Waals surface area contributed by atoms with E-state index in [-0.39, 0.29) is 6.10 Å². The van der Waals surface area contributed by atoms with E-state index in [0.29, 0.717) is 13.0 Å². The summed E-state index contributed by atoms with van der Waals surface area (Å²) in [5, 5.41) is 13.8. The molecule has 0 aromatic heterocycles. The van der Waals surface area contributed by atoms with Crippen molar-refractivity contribution in [1.82, 2.24) is 5.32 Å². The van der Waals surface area contributed by atoms with Gasteiger partial charge in [0.15, 0.2) is 0 Å². The molecule has 2 rings (SSSR count). The third kappa shape index (κ3) is 3.27. The highest BCUT2D eigenvalue weighted by molar-refractivity contribution is 5.18. The second-order valence-corrected chi connectivity index (χ2v) is 5.06. The summed E-state index contributed by atoms with van der Waals surface area (Å²) in [7, 11) is 1.68. The van der Waals surface area contributed by atoms with Crippen LogP contribution in [0.2, 0.25) is 0 Å². The molecule has 4 nitrogen and oxygen atoms in total. The van der Waals surface area contributed by atoms with Crippen molar-refractivity contribution in [2.24, 2.45) is 0 Å². The van der Waals surface area contributed by atoms with Gasteiger partial charge >= 0.3 is 0 Å². The standard InChI is InChI=1S/C16H23NO3/c1-3-11-20-16(15(19-2)9-10-17-16)12-14(18)13-7-5-4-6-8-13/h3-8,14-15,17-18H,1,9-12H2,2H3. The van der Waals surface area contributed by atoms with Gasteiger partial charge in [-0.25, -0.2) is 0 Å². The van der Waals surface area contributed by atoms with Gasteiger partial charge in [0.25, 0.3) is 0 Å². The lowest BCUT2D eigenvalue weighted by molar-refractivity contribution is -0.143. The number of nitrogens with one attached hydrogen (secondary N) is 1. The van der Waals surface area contributed by atoms with Gasteiger partial charge < -0.3 is 14.6 Å². The highest BCUT2D eigenvalue weighted by Crippen LogP contribution is 2.33. The lowest BCUT2D eigenvalue weighted by Crippen LogP contribution is -2.52. The topological polar surface area (TPSA) is 50.7 Å². The van der Waals surface area contributed by atoms with Gasteiger partial charge in [-0.1, -0.05) is 36.4 Å². The highest BCUT2D eigenvalue weighted by Gasteiger charge is 2.45. The van der Waals surface area contributed by atoms with Crippen LogP contribution >= 0.6 is 0 Å². The number of rotatable bonds is 7. The molecular formula is C16H23NO3. The quantitative estimate of drug-likeness (QED) is 0.749. The van der Waals surface area contributed by atoms with Gasteiger partial charge in [0, 0.05) is 20.1 Å². The molecule has 1 saturated heterocycles. The minimum atomic E-state index is -0.655. The van der Waals surface area contributed by atoms with Crippen molar-refractivity contribution in [2.75, 3.05) is 20.3 Å². The Morgan fingerprint density at radius 3 is 2.90 bits per heavy atom. The van der Waals surface area contributed by atoms with Crippen LogP contribution in [0.25, 0.3) is 0 Å². The summed E-state index contributed by atoms with van der Waals surface area (Å²) >= 11 is 0. The molecule has 2 N–H and O–H groups in total. The molecule has 3 atom stereocenters. The molecular weight excluding hydrogens is 254 g/mol. The zero-order chi connectivity index (χ0) is 14.4. The summed E-state index contributed by atoms with van der Waals surface area (Å²) in [4.78, 5) is 0. The Balaban J connectivity index is 2.13. The van der Waals surface area contributed by atoms with E-state index in [0.717, 1.165) is 18.5 Å². The van der Waals surface area contributed by atoms with E-state index in [1.165, 1.54) is 0 Å². The van der Waals surface area contributed by atoms with Crippen molar-refractivity contribution >= 4 is 0 Å². The van der Waals surface area contributed by atoms with Crippen LogP contribution in [-0.2, 0) is 9.47 Å². The number of benzene rings is 1. The Labute approximate surface area is 120 Å². The number of aliphatic hydroxyl groups is 1. The molecule has 0 amide bonds. The summed E-state index contributed by atoms with van der Waals surface area (Å²) in [6.45, 7) is 4.93. The molecule has 0 aliphatic carbocycles. The SMILES string of the molecule is C=CCOC1(CC(O)c2ccccc2)NCCC1OC. The van der Waals surface area contributed by atoms with Crippen molar-refractivity contribution in [3.05, 3.63) is 48.6 Å². The van der Waals surface area contributed by atoms with Gasteiger partial charge in [-0.2, -0.15) is 0 Å². The third-order valence-electron chi connectivity index (χ3n) is 3.78. The van der Waals surface area contributed by atoms with Crippen molar-refractivity contribution in [3.8, 4) is 0 Å². The van der Waals surface area contributed by atoms with E-state index >= 15 is 0 Å². The Kier molecular flexibility index (Phi) is 5.31. The molecule has 1 aliphatic rings. The number of methoxy groups -OCH3 is 1. The predicted molar refractivity (Wildman–Crippen MR) is 78.3 cm³/mol. The van der Waals surface area contributed by atoms with Crippen LogP contribution in [0.5, 0.6) is 0 Å². The number of ether oxygens (including phenoxy) is 2. The summed E-state index contributed by atoms with van der Waals surface area (Å²) in [6, 6.07) is 9.62. The first kappa shape index (κ1) is 15.2. The summed E-state index contributed by atoms with van der Waals surface area (Å²) in [6.07, 6.45) is 2.37. The Morgan fingerprint density at radius 1 is 1.50 bits per heavy atom. The fourth-order valence-electron chi connectivity index (χ4n) is 2.76. The van der Waals surface area contributed by atoms with Crippen molar-refractivity contribution in [2.45, 2.75) is 30.8 Å². The molecule has 0 radical (unpaired) electrons. The van der Waals surface area contributed by atoms with Crippen LogP contribution in [0.15, 0.2) is 43.0 Å². The molecule has 3 unspecified atom stereocenters. The maximum atomic E-state index is 10.5. The molecule has 1 aliphatic heterocycles. The predicted octanol–water partition coefficient (Wildman–Crippen LogP) is 2.02. The molecule has 0 saturated carbocycles. The first-order valence-corrected chi connectivity index (χ1v) is 6.97. The number of aliphatic hydroxyl groups excluding tert-OH is 1. The molecule has 1 heterocycles. The number of hydrogen-bond acceptors (Lipinski definition) is 4. The fourth-order valence-corrected chi connectivity index (χ4v) is 2.76. The summed E-state index contributed by atoms with van der Waals surface area (Å²) in [5.41, 5.74) is 0.232. The van der Waals surface area contributed by atoms with Crippen molar-refractivity contribution < 1.29 is 14.6 Å². The molecule has 4 heteroatoms. The first-order valence-electron chi connectivity index (χ1n) is 6.97. The Bertz CT molecular complexity index is 423. The van der Waals surface area contributed by atoms with Crippen LogP contribution in [0.4, 0.5) is 0 Å². The number of hydrogen-bond donors (Lipinski definition) is 2. The first-order chi connectivity index (χ1) is 9.72. The summed E-state index contributed by atoms with van der Waals surface area (Å²) in [5.74, 6) is 0. The maximum Gasteiger partial charge on any atom is 0.148 e. The van der Waals surface area contributed by atoms with E-state index in [9.17, 15) is 5.11 Å². The Hall–Kier alpha value is -1.20. The fraction of sp³-hybridized carbons (Fsp3) is 0.500. The van der Waals surface area contributed by atoms with E-state index in [4.69, 9.17) is 9.47 Å². The molecule has 1 fully saturated rings. The largest absolute Gasteiger partial charge is 0.388 e. The lowest BCUT2D eigenvalue weighted by atomic mass is 9.96. The van der Waals surface area contributed by atoms with Crippen LogP contribution in [0.3, 0.4) is 0 Å². The molecule has 1 aromatic carbocycles. The average Bonchev–Trinajstić information content (AvgIpc) is 2.89. The van der Waals surface area contributed by atoms with Crippen LogP contribution in [0.1, 0.15) is 24.5 Å². The molecule has 0 spiro atoms. The van der Waals surface area contributed by atoms with Gasteiger partial charge in [0.05, 0.1) is 12.7 Å². The molecule has 20 heavy (non-hydrogen) atoms. The monoisotopic (exact) mass is 277 g/mol. The normalized spacial score (nSPS) is 27.4.